The fraction of sp³-hybridized carbons (Fsp3) is 0.0625. The maximum Gasteiger partial charge on any atom is 0.243 e. The molecule has 2 unspecified atom stereocenters. The minimum atomic E-state index is -4.37. The molecule has 10 nitrogen and oxygen atoms in total. The van der Waals surface area contributed by atoms with E-state index in [0.717, 1.165) is 31.4 Å². The van der Waals surface area contributed by atoms with Crippen molar-refractivity contribution in [1.29, 1.82) is 0 Å². The van der Waals surface area contributed by atoms with Gasteiger partial charge in [-0.2, -0.15) is 0 Å². The average molecular weight is 844 g/mol. The van der Waals surface area contributed by atoms with E-state index in [1.807, 2.05) is 0 Å². The molecule has 2 N–H and O–H groups in total. The maximum absolute atomic E-state index is 13.6. The summed E-state index contributed by atoms with van der Waals surface area (Å²) in [5.41, 5.74) is 0.169. The van der Waals surface area contributed by atoms with Crippen molar-refractivity contribution in [3.63, 3.8) is 0 Å². The van der Waals surface area contributed by atoms with Gasteiger partial charge < -0.3 is 10.6 Å². The molecule has 0 aromatic heterocycles. The van der Waals surface area contributed by atoms with Crippen LogP contribution in [-0.2, 0) is 19.4 Å². The average Bonchev–Trinajstić information content (AvgIpc) is 3.42. The molecule has 2 aliphatic carbocycles. The molecule has 4 aromatic carbocycles. The normalized spacial score (nSPS) is 17.2. The first-order chi connectivity index (χ1) is 21.4. The number of hydrogen-bond donors (Lipinski definition) is 2. The number of rotatable bonds is 6. The molecule has 2 amide bonds. The van der Waals surface area contributed by atoms with Crippen LogP contribution in [0.25, 0.3) is 0 Å². The summed E-state index contributed by atoms with van der Waals surface area (Å²) >= 11 is 4.18. The van der Waals surface area contributed by atoms with Gasteiger partial charge in [-0.3, -0.25) is 28.8 Å². The Kier molecular flexibility index (Phi) is 8.03. The molecule has 0 fully saturated rings. The van der Waals surface area contributed by atoms with Crippen molar-refractivity contribution in [2.45, 2.75) is 9.79 Å². The Morgan fingerprint density at radius 1 is 0.511 bits per heavy atom. The van der Waals surface area contributed by atoms with Gasteiger partial charge in [-0.05, 0) is 130 Å². The van der Waals surface area contributed by atoms with Gasteiger partial charge in [-0.25, -0.2) is 8.42 Å². The molecule has 45 heavy (non-hydrogen) atoms. The zero-order valence-corrected chi connectivity index (χ0v) is 27.8. The van der Waals surface area contributed by atoms with Crippen molar-refractivity contribution in [1.82, 2.24) is 0 Å². The molecule has 0 saturated carbocycles. The summed E-state index contributed by atoms with van der Waals surface area (Å²) < 4.78 is 29.1. The molecule has 13 heteroatoms. The predicted octanol–water partition coefficient (Wildman–Crippen LogP) is 5.00. The van der Waals surface area contributed by atoms with Gasteiger partial charge in [-0.15, -0.1) is 0 Å². The quantitative estimate of drug-likeness (QED) is 0.203. The van der Waals surface area contributed by atoms with Gasteiger partial charge in [0, 0.05) is 40.8 Å². The highest BCUT2D eigenvalue weighted by Gasteiger charge is 2.45. The highest BCUT2D eigenvalue weighted by Crippen LogP contribution is 2.34. The third kappa shape index (κ3) is 5.52. The first-order valence-corrected chi connectivity index (χ1v) is 16.8. The van der Waals surface area contributed by atoms with E-state index in [0.29, 0.717) is 11.4 Å². The van der Waals surface area contributed by atoms with E-state index in [4.69, 9.17) is 0 Å². The van der Waals surface area contributed by atoms with Crippen LogP contribution in [0.1, 0.15) is 41.4 Å². The Bertz CT molecular complexity index is 1970. The topological polar surface area (TPSA) is 161 Å². The summed E-state index contributed by atoms with van der Waals surface area (Å²) in [4.78, 5) is 77.4. The molecule has 0 radical (unpaired) electrons. The van der Waals surface area contributed by atoms with Crippen molar-refractivity contribution in [2.75, 3.05) is 10.6 Å². The molecule has 2 aliphatic rings. The molecular weight excluding hydrogens is 826 g/mol. The van der Waals surface area contributed by atoms with Crippen LogP contribution >= 0.6 is 45.2 Å². The summed E-state index contributed by atoms with van der Waals surface area (Å²) in [5.74, 6) is -8.22. The number of benzene rings is 4. The molecule has 2 atom stereocenters. The van der Waals surface area contributed by atoms with Crippen LogP contribution in [0.4, 0.5) is 11.4 Å². The van der Waals surface area contributed by atoms with Crippen LogP contribution in [0.2, 0.25) is 0 Å². The third-order valence-electron chi connectivity index (χ3n) is 7.46. The molecule has 6 rings (SSSR count). The van der Waals surface area contributed by atoms with Crippen LogP contribution in [0.3, 0.4) is 0 Å². The van der Waals surface area contributed by atoms with E-state index >= 15 is 0 Å². The molecule has 0 saturated heterocycles. The number of carbonyl (C=O) groups is 6. The number of carbonyl (C=O) groups excluding carboxylic acids is 6. The lowest BCUT2D eigenvalue weighted by Crippen LogP contribution is -2.31. The Labute approximate surface area is 283 Å². The van der Waals surface area contributed by atoms with Crippen LogP contribution in [0, 0.1) is 19.0 Å². The van der Waals surface area contributed by atoms with Crippen molar-refractivity contribution in [2.24, 2.45) is 11.8 Å². The van der Waals surface area contributed by atoms with Gasteiger partial charge in [0.15, 0.2) is 35.0 Å². The summed E-state index contributed by atoms with van der Waals surface area (Å²) in [6.45, 7) is 0. The van der Waals surface area contributed by atoms with Gasteiger partial charge in [0.1, 0.15) is 0 Å². The molecule has 0 spiro atoms. The van der Waals surface area contributed by atoms with Gasteiger partial charge >= 0.3 is 0 Å². The van der Waals surface area contributed by atoms with E-state index in [1.165, 1.54) is 12.1 Å². The lowest BCUT2D eigenvalue weighted by molar-refractivity contribution is -0.118. The SMILES string of the molecule is O=C(Nc1ccc(I)cc1)C1C(=O)c2ccc(S(=O)(=O)c3ccc4c(c3)C(=O)C(C(=O)Nc3ccc(I)cc3)C4=O)cc2C1=O. The second-order valence-corrected chi connectivity index (χ2v) is 14.7. The smallest absolute Gasteiger partial charge is 0.243 e. The number of ketones is 4. The van der Waals surface area contributed by atoms with Crippen molar-refractivity contribution in [3.05, 3.63) is 114 Å². The molecule has 4 aromatic rings. The highest BCUT2D eigenvalue weighted by molar-refractivity contribution is 14.1. The first-order valence-electron chi connectivity index (χ1n) is 13.2. The molecule has 0 heterocycles. The first kappa shape index (κ1) is 30.9. The van der Waals surface area contributed by atoms with E-state index in [9.17, 15) is 37.2 Å². The van der Waals surface area contributed by atoms with Gasteiger partial charge in [0.05, 0.1) is 9.79 Å². The number of Topliss-reactive ketones (excluding diaryl/α,β-unsaturated/α-hetero) is 4. The lowest BCUT2D eigenvalue weighted by Gasteiger charge is -2.09. The van der Waals surface area contributed by atoms with E-state index in [2.05, 4.69) is 55.8 Å². The molecular formula is C32H18I2N2O8S. The number of anilines is 2. The summed E-state index contributed by atoms with van der Waals surface area (Å²) in [5, 5.41) is 5.09. The zero-order chi connectivity index (χ0) is 32.2. The fourth-order valence-corrected chi connectivity index (χ4v) is 7.22. The molecule has 0 bridgehead atoms. The molecule has 224 valence electrons. The highest BCUT2D eigenvalue weighted by atomic mass is 127. The second kappa shape index (κ2) is 11.7. The van der Waals surface area contributed by atoms with Gasteiger partial charge in [0.2, 0.25) is 21.7 Å². The Morgan fingerprint density at radius 3 is 1.20 bits per heavy atom. The number of sulfone groups is 1. The lowest BCUT2D eigenvalue weighted by atomic mass is 10.0. The third-order valence-corrected chi connectivity index (χ3v) is 10.6. The van der Waals surface area contributed by atoms with E-state index in [1.54, 1.807) is 48.5 Å². The summed E-state index contributed by atoms with van der Waals surface area (Å²) in [6.07, 6.45) is 0. The largest absolute Gasteiger partial charge is 0.325 e. The maximum atomic E-state index is 13.6. The minimum Gasteiger partial charge on any atom is -0.325 e. The van der Waals surface area contributed by atoms with E-state index in [-0.39, 0.29) is 32.0 Å². The molecule has 0 aliphatic heterocycles. The number of fused-ring (bicyclic) bond motifs is 2. The van der Waals surface area contributed by atoms with Crippen molar-refractivity contribution >= 4 is 101 Å². The van der Waals surface area contributed by atoms with Crippen LogP contribution in [0.5, 0.6) is 0 Å². The van der Waals surface area contributed by atoms with E-state index < -0.39 is 56.6 Å². The standard InChI is InChI=1S/C32H18I2N2O8S/c33-15-1-5-17(6-2-15)35-31(41)25-27(37)21-11-9-19(13-23(21)29(25)39)45(43,44)20-10-12-22-24(14-20)30(40)26(28(22)38)32(42)36-18-7-3-16(34)4-8-18/h1-14,25-26H,(H,35,41)(H,36,42). The monoisotopic (exact) mass is 844 g/mol. The van der Waals surface area contributed by atoms with Gasteiger partial charge in [0.25, 0.3) is 0 Å². The minimum absolute atomic E-state index is 0.0848. The van der Waals surface area contributed by atoms with Crippen molar-refractivity contribution < 1.29 is 37.2 Å². The Balaban J connectivity index is 1.25. The van der Waals surface area contributed by atoms with Crippen molar-refractivity contribution in [3.8, 4) is 0 Å². The van der Waals surface area contributed by atoms with Crippen LogP contribution < -0.4 is 10.6 Å². The number of nitrogens with one attached hydrogen (secondary N) is 2. The number of halogens is 2. The number of hydrogen-bond acceptors (Lipinski definition) is 8. The predicted molar refractivity (Wildman–Crippen MR) is 178 cm³/mol. The Morgan fingerprint density at radius 2 is 0.844 bits per heavy atom. The van der Waals surface area contributed by atoms with Crippen LogP contribution in [0.15, 0.2) is 94.7 Å². The van der Waals surface area contributed by atoms with Gasteiger partial charge in [-0.1, -0.05) is 0 Å². The van der Waals surface area contributed by atoms with Crippen LogP contribution in [-0.4, -0.2) is 43.4 Å². The fourth-order valence-electron chi connectivity index (χ4n) is 5.19. The Hall–Kier alpha value is -4.09. The number of amides is 2. The summed E-state index contributed by atoms with van der Waals surface area (Å²) in [6, 6.07) is 20.1. The second-order valence-electron chi connectivity index (χ2n) is 10.2. The zero-order valence-electron chi connectivity index (χ0n) is 22.7. The summed E-state index contributed by atoms with van der Waals surface area (Å²) in [7, 11) is -4.37.